The van der Waals surface area contributed by atoms with E-state index in [0.29, 0.717) is 0 Å². The van der Waals surface area contributed by atoms with Crippen molar-refractivity contribution in [3.63, 3.8) is 0 Å². The Morgan fingerprint density at radius 1 is 1.12 bits per heavy atom. The lowest BCUT2D eigenvalue weighted by Gasteiger charge is -2.44. The van der Waals surface area contributed by atoms with Crippen LogP contribution < -0.4 is 5.32 Å². The molecule has 2 amide bonds. The van der Waals surface area contributed by atoms with Crippen molar-refractivity contribution < 1.29 is 14.7 Å². The number of hydrogen-bond donors (Lipinski definition) is 2. The number of carbonyl (C=O) groups excluding carboxylic acids is 1. The summed E-state index contributed by atoms with van der Waals surface area (Å²) in [5.41, 5.74) is -1.10. The molecule has 2 N–H and O–H groups in total. The van der Waals surface area contributed by atoms with Crippen LogP contribution in [0.5, 0.6) is 0 Å². The number of nitrogens with one attached hydrogen (secondary N) is 1. The molecule has 0 aliphatic carbocycles. The summed E-state index contributed by atoms with van der Waals surface area (Å²) in [6, 6.07) is -0.718. The van der Waals surface area contributed by atoms with Gasteiger partial charge in [-0.05, 0) is 26.2 Å². The first-order valence-corrected chi connectivity index (χ1v) is 5.66. The van der Waals surface area contributed by atoms with Gasteiger partial charge in [0, 0.05) is 12.6 Å². The normalized spacial score (nSPS) is 14.1. The summed E-state index contributed by atoms with van der Waals surface area (Å²) in [6.45, 7) is 10.9. The van der Waals surface area contributed by atoms with Gasteiger partial charge >= 0.3 is 6.09 Å². The molecule has 1 unspecified atom stereocenters. The Hall–Kier alpha value is -1.26. The Morgan fingerprint density at radius 3 is 1.71 bits per heavy atom. The molecule has 5 nitrogen and oxygen atoms in total. The van der Waals surface area contributed by atoms with Gasteiger partial charge in [-0.25, -0.2) is 4.79 Å². The van der Waals surface area contributed by atoms with Crippen molar-refractivity contribution >= 4 is 12.0 Å². The molecule has 0 aliphatic rings. The number of amides is 2. The second kappa shape index (κ2) is 4.94. The second-order valence-electron chi connectivity index (χ2n) is 6.21. The number of carbonyl (C=O) groups is 2. The van der Waals surface area contributed by atoms with Crippen molar-refractivity contribution in [3.8, 4) is 0 Å². The third-order valence-corrected chi connectivity index (χ3v) is 2.50. The molecule has 0 saturated heterocycles. The summed E-state index contributed by atoms with van der Waals surface area (Å²) >= 11 is 0. The summed E-state index contributed by atoms with van der Waals surface area (Å²) in [5.74, 6) is -0.283. The third-order valence-electron chi connectivity index (χ3n) is 2.50. The van der Waals surface area contributed by atoms with Crippen LogP contribution in [0, 0.1) is 5.41 Å². The maximum atomic E-state index is 11.9. The van der Waals surface area contributed by atoms with Crippen molar-refractivity contribution in [2.24, 2.45) is 5.41 Å². The highest BCUT2D eigenvalue weighted by Gasteiger charge is 2.43. The molecule has 0 radical (unpaired) electrons. The average molecular weight is 244 g/mol. The Bertz CT molecular complexity index is 300. The monoisotopic (exact) mass is 244 g/mol. The molecule has 0 spiro atoms. The van der Waals surface area contributed by atoms with Crippen LogP contribution in [-0.4, -0.2) is 40.6 Å². The van der Waals surface area contributed by atoms with E-state index < -0.39 is 23.1 Å². The van der Waals surface area contributed by atoms with E-state index in [1.54, 1.807) is 20.8 Å². The Balaban J connectivity index is 5.56. The zero-order chi connectivity index (χ0) is 14.0. The predicted molar refractivity (Wildman–Crippen MR) is 66.9 cm³/mol. The third kappa shape index (κ3) is 3.91. The van der Waals surface area contributed by atoms with E-state index >= 15 is 0 Å². The number of likely N-dealkylation sites (N-methyl/N-ethyl adjacent to an activating group) is 1. The molecule has 0 aromatic carbocycles. The Morgan fingerprint density at radius 2 is 1.53 bits per heavy atom. The zero-order valence-electron chi connectivity index (χ0n) is 11.8. The van der Waals surface area contributed by atoms with Gasteiger partial charge in [0.1, 0.15) is 6.04 Å². The van der Waals surface area contributed by atoms with E-state index in [4.69, 9.17) is 0 Å². The minimum absolute atomic E-state index is 0.283. The maximum absolute atomic E-state index is 11.9. The van der Waals surface area contributed by atoms with Crippen molar-refractivity contribution in [1.82, 2.24) is 10.2 Å². The first-order chi connectivity index (χ1) is 7.42. The summed E-state index contributed by atoms with van der Waals surface area (Å²) in [5, 5.41) is 11.9. The topological polar surface area (TPSA) is 69.6 Å². The smallest absolute Gasteiger partial charge is 0.408 e. The van der Waals surface area contributed by atoms with Crippen LogP contribution in [0.4, 0.5) is 4.79 Å². The molecule has 1 atom stereocenters. The van der Waals surface area contributed by atoms with Crippen molar-refractivity contribution in [3.05, 3.63) is 0 Å². The Kier molecular flexibility index (Phi) is 4.57. The maximum Gasteiger partial charge on any atom is 0.408 e. The molecule has 0 fully saturated rings. The van der Waals surface area contributed by atoms with Gasteiger partial charge in [-0.2, -0.15) is 0 Å². The molecule has 0 aromatic heterocycles. The first-order valence-electron chi connectivity index (χ1n) is 5.66. The highest BCUT2D eigenvalue weighted by atomic mass is 16.4. The molecular weight excluding hydrogens is 220 g/mol. The molecule has 0 saturated carbocycles. The lowest BCUT2D eigenvalue weighted by molar-refractivity contribution is -0.131. The van der Waals surface area contributed by atoms with Gasteiger partial charge in [0.25, 0.3) is 0 Å². The standard InChI is InChI=1S/C12H24N2O3/c1-11(2,3)8(9(15)13-7)14(10(16)17)12(4,5)6/h8H,1-7H3,(H,13,15)(H,16,17). The second-order valence-corrected chi connectivity index (χ2v) is 6.21. The van der Waals surface area contributed by atoms with Gasteiger partial charge in [0.15, 0.2) is 0 Å². The zero-order valence-corrected chi connectivity index (χ0v) is 11.8. The minimum atomic E-state index is -1.08. The van der Waals surface area contributed by atoms with E-state index in [9.17, 15) is 14.7 Å². The van der Waals surface area contributed by atoms with Crippen LogP contribution in [0.25, 0.3) is 0 Å². The van der Waals surface area contributed by atoms with Gasteiger partial charge in [-0.1, -0.05) is 20.8 Å². The van der Waals surface area contributed by atoms with Crippen LogP contribution in [0.15, 0.2) is 0 Å². The summed E-state index contributed by atoms with van der Waals surface area (Å²) in [6.07, 6.45) is -1.08. The van der Waals surface area contributed by atoms with E-state index in [-0.39, 0.29) is 5.91 Å². The minimum Gasteiger partial charge on any atom is -0.465 e. The Labute approximate surface area is 103 Å². The molecule has 0 bridgehead atoms. The summed E-state index contributed by atoms with van der Waals surface area (Å²) in [7, 11) is 1.52. The van der Waals surface area contributed by atoms with E-state index in [2.05, 4.69) is 5.32 Å². The largest absolute Gasteiger partial charge is 0.465 e. The van der Waals surface area contributed by atoms with E-state index in [1.165, 1.54) is 11.9 Å². The number of rotatable bonds is 2. The highest BCUT2D eigenvalue weighted by Crippen LogP contribution is 2.30. The van der Waals surface area contributed by atoms with Crippen LogP contribution in [-0.2, 0) is 4.79 Å². The van der Waals surface area contributed by atoms with Gasteiger partial charge in [0.05, 0.1) is 0 Å². The van der Waals surface area contributed by atoms with E-state index in [1.807, 2.05) is 20.8 Å². The van der Waals surface area contributed by atoms with Gasteiger partial charge in [-0.15, -0.1) is 0 Å². The van der Waals surface area contributed by atoms with E-state index in [0.717, 1.165) is 0 Å². The summed E-state index contributed by atoms with van der Waals surface area (Å²) in [4.78, 5) is 24.5. The molecule has 17 heavy (non-hydrogen) atoms. The first kappa shape index (κ1) is 15.7. The molecule has 5 heteroatoms. The molecule has 0 aliphatic heterocycles. The number of carboxylic acid groups (broad SMARTS) is 1. The fraction of sp³-hybridized carbons (Fsp3) is 0.833. The van der Waals surface area contributed by atoms with Crippen LogP contribution in [0.2, 0.25) is 0 Å². The summed E-state index contributed by atoms with van der Waals surface area (Å²) < 4.78 is 0. The van der Waals surface area contributed by atoms with Crippen LogP contribution in [0.3, 0.4) is 0 Å². The van der Waals surface area contributed by atoms with Gasteiger partial charge in [-0.3, -0.25) is 9.69 Å². The molecular formula is C12H24N2O3. The molecule has 100 valence electrons. The van der Waals surface area contributed by atoms with Gasteiger partial charge in [0.2, 0.25) is 5.91 Å². The van der Waals surface area contributed by atoms with Crippen molar-refractivity contribution in [2.75, 3.05) is 7.05 Å². The lowest BCUT2D eigenvalue weighted by atomic mass is 9.83. The van der Waals surface area contributed by atoms with Crippen molar-refractivity contribution in [1.29, 1.82) is 0 Å². The van der Waals surface area contributed by atoms with Crippen molar-refractivity contribution in [2.45, 2.75) is 53.1 Å². The predicted octanol–water partition coefficient (Wildman–Crippen LogP) is 1.93. The fourth-order valence-electron chi connectivity index (χ4n) is 1.82. The number of nitrogens with zero attached hydrogens (tertiary/aromatic N) is 1. The molecule has 0 rings (SSSR count). The average Bonchev–Trinajstić information content (AvgIpc) is 2.08. The van der Waals surface area contributed by atoms with Crippen LogP contribution >= 0.6 is 0 Å². The molecule has 0 aromatic rings. The van der Waals surface area contributed by atoms with Gasteiger partial charge < -0.3 is 10.4 Å². The lowest BCUT2D eigenvalue weighted by Crippen LogP contribution is -2.61. The van der Waals surface area contributed by atoms with Crippen LogP contribution in [0.1, 0.15) is 41.5 Å². The fourth-order valence-corrected chi connectivity index (χ4v) is 1.82. The molecule has 0 heterocycles. The number of hydrogen-bond acceptors (Lipinski definition) is 2. The SMILES string of the molecule is CNC(=O)C(N(C(=O)O)C(C)(C)C)C(C)(C)C. The quantitative estimate of drug-likeness (QED) is 0.779. The highest BCUT2D eigenvalue weighted by molar-refractivity contribution is 5.86.